The van der Waals surface area contributed by atoms with E-state index in [1.54, 1.807) is 12.4 Å². The molecule has 2 rings (SSSR count). The highest BCUT2D eigenvalue weighted by molar-refractivity contribution is 5.89. The zero-order chi connectivity index (χ0) is 15.9. The van der Waals surface area contributed by atoms with E-state index < -0.39 is 0 Å². The van der Waals surface area contributed by atoms with Gasteiger partial charge in [0.05, 0.1) is 11.9 Å². The van der Waals surface area contributed by atoms with E-state index >= 15 is 0 Å². The van der Waals surface area contributed by atoms with E-state index in [4.69, 9.17) is 0 Å². The van der Waals surface area contributed by atoms with E-state index in [2.05, 4.69) is 27.6 Å². The van der Waals surface area contributed by atoms with E-state index in [-0.39, 0.29) is 6.03 Å². The largest absolute Gasteiger partial charge is 0.363 e. The summed E-state index contributed by atoms with van der Waals surface area (Å²) in [6.07, 6.45) is 5.30. The highest BCUT2D eigenvalue weighted by atomic mass is 16.2. The minimum absolute atomic E-state index is 0.230. The normalized spacial score (nSPS) is 11.8. The smallest absolute Gasteiger partial charge is 0.319 e. The number of anilines is 2. The molecule has 2 N–H and O–H groups in total. The molecular weight excluding hydrogens is 280 g/mol. The van der Waals surface area contributed by atoms with E-state index in [0.717, 1.165) is 12.4 Å². The molecule has 22 heavy (non-hydrogen) atoms. The van der Waals surface area contributed by atoms with E-state index in [9.17, 15) is 4.79 Å². The van der Waals surface area contributed by atoms with Crippen LogP contribution >= 0.6 is 0 Å². The number of amides is 2. The van der Waals surface area contributed by atoms with Crippen molar-refractivity contribution in [3.8, 4) is 0 Å². The predicted molar refractivity (Wildman–Crippen MR) is 87.0 cm³/mol. The molecule has 0 saturated heterocycles. The van der Waals surface area contributed by atoms with E-state index in [0.29, 0.717) is 18.2 Å². The Morgan fingerprint density at radius 1 is 1.41 bits per heavy atom. The second-order valence-electron chi connectivity index (χ2n) is 5.47. The Kier molecular flexibility index (Phi) is 5.35. The summed E-state index contributed by atoms with van der Waals surface area (Å²) in [6, 6.07) is 5.34. The van der Waals surface area contributed by atoms with Crippen LogP contribution in [0.5, 0.6) is 0 Å². The SMILES string of the molecule is C[C@H](CNC(=O)Nc1ccc(N(C)C)nc1)Cn1cccn1. The van der Waals surface area contributed by atoms with Gasteiger partial charge >= 0.3 is 6.03 Å². The maximum atomic E-state index is 11.9. The number of hydrogen-bond acceptors (Lipinski definition) is 4. The predicted octanol–water partition coefficient (Wildman–Crippen LogP) is 1.80. The molecule has 0 unspecified atom stereocenters. The van der Waals surface area contributed by atoms with Crippen molar-refractivity contribution in [1.29, 1.82) is 0 Å². The first-order valence-corrected chi connectivity index (χ1v) is 7.20. The lowest BCUT2D eigenvalue weighted by Crippen LogP contribution is -2.33. The summed E-state index contributed by atoms with van der Waals surface area (Å²) < 4.78 is 1.86. The van der Waals surface area contributed by atoms with Crippen LogP contribution in [-0.2, 0) is 6.54 Å². The summed E-state index contributed by atoms with van der Waals surface area (Å²) in [5, 5.41) is 9.77. The second kappa shape index (κ2) is 7.44. The molecular formula is C15H22N6O. The summed E-state index contributed by atoms with van der Waals surface area (Å²) in [4.78, 5) is 18.0. The molecule has 118 valence electrons. The Hall–Kier alpha value is -2.57. The molecule has 2 amide bonds. The van der Waals surface area contributed by atoms with Crippen LogP contribution in [0.2, 0.25) is 0 Å². The number of rotatable bonds is 6. The van der Waals surface area contributed by atoms with Gasteiger partial charge in [-0.05, 0) is 24.1 Å². The van der Waals surface area contributed by atoms with Crippen LogP contribution in [0.4, 0.5) is 16.3 Å². The molecule has 7 nitrogen and oxygen atoms in total. The Morgan fingerprint density at radius 2 is 2.23 bits per heavy atom. The molecule has 0 aliphatic carbocycles. The summed E-state index contributed by atoms with van der Waals surface area (Å²) in [5.41, 5.74) is 0.669. The topological polar surface area (TPSA) is 75.1 Å². The maximum absolute atomic E-state index is 11.9. The fourth-order valence-electron chi connectivity index (χ4n) is 1.96. The van der Waals surface area contributed by atoms with Gasteiger partial charge in [-0.1, -0.05) is 6.92 Å². The van der Waals surface area contributed by atoms with Crippen LogP contribution in [0.1, 0.15) is 6.92 Å². The highest BCUT2D eigenvalue weighted by Crippen LogP contribution is 2.11. The average Bonchev–Trinajstić information content (AvgIpc) is 2.98. The molecule has 0 aromatic carbocycles. The third-order valence-corrected chi connectivity index (χ3v) is 3.13. The van der Waals surface area contributed by atoms with E-state index in [1.165, 1.54) is 0 Å². The van der Waals surface area contributed by atoms with Crippen molar-refractivity contribution >= 4 is 17.5 Å². The Morgan fingerprint density at radius 3 is 2.82 bits per heavy atom. The third-order valence-electron chi connectivity index (χ3n) is 3.13. The first-order valence-electron chi connectivity index (χ1n) is 7.20. The van der Waals surface area contributed by atoms with Crippen molar-refractivity contribution in [2.24, 2.45) is 5.92 Å². The van der Waals surface area contributed by atoms with E-state index in [1.807, 2.05) is 48.1 Å². The Balaban J connectivity index is 1.75. The molecule has 0 radical (unpaired) electrons. The molecule has 2 aromatic rings. The van der Waals surface area contributed by atoms with Gasteiger partial charge in [-0.2, -0.15) is 5.10 Å². The van der Waals surface area contributed by atoms with Crippen molar-refractivity contribution in [3.63, 3.8) is 0 Å². The lowest BCUT2D eigenvalue weighted by Gasteiger charge is -2.14. The summed E-state index contributed by atoms with van der Waals surface area (Å²) in [7, 11) is 3.84. The summed E-state index contributed by atoms with van der Waals surface area (Å²) in [6.45, 7) is 3.41. The lowest BCUT2D eigenvalue weighted by molar-refractivity contribution is 0.249. The van der Waals surface area contributed by atoms with Crippen molar-refractivity contribution in [3.05, 3.63) is 36.8 Å². The Bertz CT molecular complexity index is 579. The number of urea groups is 1. The van der Waals surface area contributed by atoms with Gasteiger partial charge in [0, 0.05) is 39.6 Å². The van der Waals surface area contributed by atoms with Crippen molar-refractivity contribution in [2.45, 2.75) is 13.5 Å². The van der Waals surface area contributed by atoms with Crippen molar-refractivity contribution in [1.82, 2.24) is 20.1 Å². The molecule has 0 saturated carbocycles. The molecule has 7 heteroatoms. The zero-order valence-electron chi connectivity index (χ0n) is 13.2. The first kappa shape index (κ1) is 15.8. The fraction of sp³-hybridized carbons (Fsp3) is 0.400. The van der Waals surface area contributed by atoms with Crippen LogP contribution in [0.3, 0.4) is 0 Å². The van der Waals surface area contributed by atoms with Gasteiger partial charge in [0.25, 0.3) is 0 Å². The quantitative estimate of drug-likeness (QED) is 0.853. The molecule has 0 spiro atoms. The van der Waals surface area contributed by atoms with Crippen LogP contribution in [0, 0.1) is 5.92 Å². The molecule has 1 atom stereocenters. The Labute approximate surface area is 130 Å². The third kappa shape index (κ3) is 4.76. The van der Waals surface area contributed by atoms with Gasteiger partial charge < -0.3 is 15.5 Å². The van der Waals surface area contributed by atoms with Gasteiger partial charge in [-0.3, -0.25) is 4.68 Å². The van der Waals surface area contributed by atoms with Crippen LogP contribution < -0.4 is 15.5 Å². The van der Waals surface area contributed by atoms with Gasteiger partial charge in [0.1, 0.15) is 5.82 Å². The minimum Gasteiger partial charge on any atom is -0.363 e. The highest BCUT2D eigenvalue weighted by Gasteiger charge is 2.07. The van der Waals surface area contributed by atoms with Crippen LogP contribution in [0.15, 0.2) is 36.8 Å². The first-order chi connectivity index (χ1) is 10.5. The second-order valence-corrected chi connectivity index (χ2v) is 5.47. The number of pyridine rings is 1. The molecule has 0 fully saturated rings. The van der Waals surface area contributed by atoms with Crippen molar-refractivity contribution in [2.75, 3.05) is 30.9 Å². The van der Waals surface area contributed by atoms with Crippen LogP contribution in [0.25, 0.3) is 0 Å². The van der Waals surface area contributed by atoms with Gasteiger partial charge in [-0.15, -0.1) is 0 Å². The number of aromatic nitrogens is 3. The minimum atomic E-state index is -0.230. The zero-order valence-corrected chi connectivity index (χ0v) is 13.2. The number of carbonyl (C=O) groups is 1. The lowest BCUT2D eigenvalue weighted by atomic mass is 10.2. The number of nitrogens with zero attached hydrogens (tertiary/aromatic N) is 4. The molecule has 0 bridgehead atoms. The number of hydrogen-bond donors (Lipinski definition) is 2. The summed E-state index contributed by atoms with van der Waals surface area (Å²) >= 11 is 0. The average molecular weight is 302 g/mol. The molecule has 0 aliphatic heterocycles. The number of carbonyl (C=O) groups excluding carboxylic acids is 1. The summed E-state index contributed by atoms with van der Waals surface area (Å²) in [5.74, 6) is 1.14. The fourth-order valence-corrected chi connectivity index (χ4v) is 1.96. The van der Waals surface area contributed by atoms with Gasteiger partial charge in [0.15, 0.2) is 0 Å². The van der Waals surface area contributed by atoms with Crippen LogP contribution in [-0.4, -0.2) is 41.4 Å². The monoisotopic (exact) mass is 302 g/mol. The van der Waals surface area contributed by atoms with Gasteiger partial charge in [-0.25, -0.2) is 9.78 Å². The standard InChI is InChI=1S/C15H22N6O/c1-12(11-21-8-4-7-18-21)9-17-15(22)19-13-5-6-14(16-10-13)20(2)3/h4-8,10,12H,9,11H2,1-3H3,(H2,17,19,22)/t12-/m1/s1. The maximum Gasteiger partial charge on any atom is 0.319 e. The molecule has 2 aromatic heterocycles. The number of nitrogens with one attached hydrogen (secondary N) is 2. The van der Waals surface area contributed by atoms with Crippen molar-refractivity contribution < 1.29 is 4.79 Å². The molecule has 2 heterocycles. The van der Waals surface area contributed by atoms with Gasteiger partial charge in [0.2, 0.25) is 0 Å². The molecule has 0 aliphatic rings.